The normalized spacial score (nSPS) is 12.9. The minimum atomic E-state index is -0.529. The Labute approximate surface area is 172 Å². The molecule has 150 valence electrons. The lowest BCUT2D eigenvalue weighted by molar-refractivity contribution is -0.138. The lowest BCUT2D eigenvalue weighted by Crippen LogP contribution is -2.50. The molecular weight excluding hydrogens is 368 g/mol. The third-order valence-electron chi connectivity index (χ3n) is 4.75. The van der Waals surface area contributed by atoms with Crippen LogP contribution in [0.5, 0.6) is 0 Å². The van der Waals surface area contributed by atoms with Crippen LogP contribution in [0.2, 0.25) is 0 Å². The van der Waals surface area contributed by atoms with Crippen molar-refractivity contribution in [2.24, 2.45) is 0 Å². The lowest BCUT2D eigenvalue weighted by atomic mass is 10.1. The zero-order valence-electron chi connectivity index (χ0n) is 17.1. The molecule has 2 atom stereocenters. The highest BCUT2D eigenvalue weighted by Gasteiger charge is 2.26. The van der Waals surface area contributed by atoms with Gasteiger partial charge in [-0.05, 0) is 44.9 Å². The molecule has 0 aliphatic rings. The standard InChI is InChI=1S/C23H30N2O2S/c1-5-18(3)24-23(27)19(4)25(15-20-13-11-17(2)12-14-20)22(26)16-28-21-9-7-6-8-10-21/h6-14,18-19H,5,15-16H2,1-4H3,(H,24,27)/t18-,19+/m0/s1. The van der Waals surface area contributed by atoms with Gasteiger partial charge in [0.25, 0.3) is 0 Å². The van der Waals surface area contributed by atoms with E-state index in [2.05, 4.69) is 5.32 Å². The maximum absolute atomic E-state index is 13.0. The van der Waals surface area contributed by atoms with Crippen LogP contribution in [0.3, 0.4) is 0 Å². The van der Waals surface area contributed by atoms with Crippen LogP contribution in [0.1, 0.15) is 38.3 Å². The van der Waals surface area contributed by atoms with E-state index in [0.29, 0.717) is 12.3 Å². The summed E-state index contributed by atoms with van der Waals surface area (Å²) in [5, 5.41) is 2.99. The molecule has 2 rings (SSSR count). The van der Waals surface area contributed by atoms with E-state index in [-0.39, 0.29) is 17.9 Å². The second kappa shape index (κ2) is 10.9. The third kappa shape index (κ3) is 6.71. The van der Waals surface area contributed by atoms with Crippen LogP contribution in [0, 0.1) is 6.92 Å². The van der Waals surface area contributed by atoms with Gasteiger partial charge in [0.1, 0.15) is 6.04 Å². The van der Waals surface area contributed by atoms with E-state index < -0.39 is 6.04 Å². The zero-order valence-corrected chi connectivity index (χ0v) is 18.0. The highest BCUT2D eigenvalue weighted by atomic mass is 32.2. The van der Waals surface area contributed by atoms with Gasteiger partial charge in [0, 0.05) is 17.5 Å². The van der Waals surface area contributed by atoms with E-state index in [1.807, 2.05) is 75.4 Å². The average molecular weight is 399 g/mol. The van der Waals surface area contributed by atoms with Crippen LogP contribution < -0.4 is 5.32 Å². The molecule has 0 spiro atoms. The van der Waals surface area contributed by atoms with Gasteiger partial charge in [-0.25, -0.2) is 0 Å². The van der Waals surface area contributed by atoms with Gasteiger partial charge in [-0.1, -0.05) is 55.0 Å². The topological polar surface area (TPSA) is 49.4 Å². The van der Waals surface area contributed by atoms with Crippen molar-refractivity contribution in [1.82, 2.24) is 10.2 Å². The molecule has 0 bridgehead atoms. The molecule has 0 unspecified atom stereocenters. The Hall–Kier alpha value is -2.27. The van der Waals surface area contributed by atoms with E-state index in [0.717, 1.165) is 16.9 Å². The van der Waals surface area contributed by atoms with Crippen molar-refractivity contribution < 1.29 is 9.59 Å². The van der Waals surface area contributed by atoms with E-state index in [4.69, 9.17) is 0 Å². The SMILES string of the molecule is CC[C@H](C)NC(=O)[C@@H](C)N(Cc1ccc(C)cc1)C(=O)CSc1ccccc1. The lowest BCUT2D eigenvalue weighted by Gasteiger charge is -2.29. The molecule has 2 aromatic rings. The number of nitrogens with one attached hydrogen (secondary N) is 1. The first kappa shape index (κ1) is 22.0. The number of rotatable bonds is 9. The maximum atomic E-state index is 13.0. The first-order chi connectivity index (χ1) is 13.4. The minimum Gasteiger partial charge on any atom is -0.352 e. The molecule has 0 aromatic heterocycles. The molecule has 0 saturated heterocycles. The molecule has 5 heteroatoms. The number of carbonyl (C=O) groups excluding carboxylic acids is 2. The second-order valence-corrected chi connectivity index (χ2v) is 8.15. The van der Waals surface area contributed by atoms with Crippen LogP contribution in [0.4, 0.5) is 0 Å². The molecule has 0 radical (unpaired) electrons. The van der Waals surface area contributed by atoms with Crippen LogP contribution in [-0.4, -0.2) is 34.6 Å². The van der Waals surface area contributed by atoms with E-state index in [9.17, 15) is 9.59 Å². The summed E-state index contributed by atoms with van der Waals surface area (Å²) in [7, 11) is 0. The number of aryl methyl sites for hydroxylation is 1. The number of hydrogen-bond acceptors (Lipinski definition) is 3. The molecule has 2 aromatic carbocycles. The van der Waals surface area contributed by atoms with E-state index in [1.54, 1.807) is 11.8 Å². The van der Waals surface area contributed by atoms with Crippen molar-refractivity contribution in [1.29, 1.82) is 0 Å². The Morgan fingerprint density at radius 3 is 2.29 bits per heavy atom. The summed E-state index contributed by atoms with van der Waals surface area (Å²) in [4.78, 5) is 28.4. The van der Waals surface area contributed by atoms with Gasteiger partial charge in [-0.15, -0.1) is 11.8 Å². The molecule has 1 N–H and O–H groups in total. The van der Waals surface area contributed by atoms with E-state index in [1.165, 1.54) is 17.3 Å². The minimum absolute atomic E-state index is 0.0405. The van der Waals surface area contributed by atoms with Crippen molar-refractivity contribution in [2.45, 2.75) is 57.6 Å². The fraction of sp³-hybridized carbons (Fsp3) is 0.391. The maximum Gasteiger partial charge on any atom is 0.242 e. The molecule has 2 amide bonds. The summed E-state index contributed by atoms with van der Waals surface area (Å²) in [5.74, 6) is 0.150. The number of nitrogens with zero attached hydrogens (tertiary/aromatic N) is 1. The molecule has 0 saturated carbocycles. The van der Waals surface area contributed by atoms with Crippen molar-refractivity contribution >= 4 is 23.6 Å². The van der Waals surface area contributed by atoms with Gasteiger partial charge in [0.2, 0.25) is 11.8 Å². The van der Waals surface area contributed by atoms with Gasteiger partial charge in [-0.3, -0.25) is 9.59 Å². The number of benzene rings is 2. The number of thioether (sulfide) groups is 1. The summed E-state index contributed by atoms with van der Waals surface area (Å²) in [5.41, 5.74) is 2.19. The number of hydrogen-bond donors (Lipinski definition) is 1. The van der Waals surface area contributed by atoms with Crippen LogP contribution in [-0.2, 0) is 16.1 Å². The number of carbonyl (C=O) groups is 2. The first-order valence-electron chi connectivity index (χ1n) is 9.74. The molecule has 0 aliphatic carbocycles. The molecule has 28 heavy (non-hydrogen) atoms. The largest absolute Gasteiger partial charge is 0.352 e. The third-order valence-corrected chi connectivity index (χ3v) is 5.74. The summed E-state index contributed by atoms with van der Waals surface area (Å²) in [6, 6.07) is 17.5. The van der Waals surface area contributed by atoms with Gasteiger partial charge in [-0.2, -0.15) is 0 Å². The summed E-state index contributed by atoms with van der Waals surface area (Å²) >= 11 is 1.49. The number of amides is 2. The molecule has 0 fully saturated rings. The Kier molecular flexibility index (Phi) is 8.58. The highest BCUT2D eigenvalue weighted by Crippen LogP contribution is 2.19. The van der Waals surface area contributed by atoms with Crippen molar-refractivity contribution in [2.75, 3.05) is 5.75 Å². The first-order valence-corrected chi connectivity index (χ1v) is 10.7. The van der Waals surface area contributed by atoms with Gasteiger partial charge < -0.3 is 10.2 Å². The summed E-state index contributed by atoms with van der Waals surface area (Å²) in [6.45, 7) is 8.26. The fourth-order valence-corrected chi connectivity index (χ4v) is 3.49. The molecule has 0 aliphatic heterocycles. The summed E-state index contributed by atoms with van der Waals surface area (Å²) in [6.07, 6.45) is 0.855. The quantitative estimate of drug-likeness (QED) is 0.636. The average Bonchev–Trinajstić information content (AvgIpc) is 2.71. The van der Waals surface area contributed by atoms with Gasteiger partial charge in [0.15, 0.2) is 0 Å². The predicted octanol–water partition coefficient (Wildman–Crippen LogP) is 4.42. The van der Waals surface area contributed by atoms with Crippen molar-refractivity contribution in [3.63, 3.8) is 0 Å². The molecule has 4 nitrogen and oxygen atoms in total. The Morgan fingerprint density at radius 2 is 1.68 bits per heavy atom. The predicted molar refractivity (Wildman–Crippen MR) is 116 cm³/mol. The van der Waals surface area contributed by atoms with Crippen LogP contribution >= 0.6 is 11.8 Å². The van der Waals surface area contributed by atoms with E-state index >= 15 is 0 Å². The van der Waals surface area contributed by atoms with Crippen LogP contribution in [0.25, 0.3) is 0 Å². The monoisotopic (exact) mass is 398 g/mol. The Bertz CT molecular complexity index is 762. The fourth-order valence-electron chi connectivity index (χ4n) is 2.68. The van der Waals surface area contributed by atoms with Gasteiger partial charge in [0.05, 0.1) is 5.75 Å². The smallest absolute Gasteiger partial charge is 0.242 e. The second-order valence-electron chi connectivity index (χ2n) is 7.10. The van der Waals surface area contributed by atoms with Crippen LogP contribution in [0.15, 0.2) is 59.5 Å². The Balaban J connectivity index is 2.12. The summed E-state index contributed by atoms with van der Waals surface area (Å²) < 4.78 is 0. The zero-order chi connectivity index (χ0) is 20.5. The van der Waals surface area contributed by atoms with Crippen molar-refractivity contribution in [3.05, 3.63) is 65.7 Å². The Morgan fingerprint density at radius 1 is 1.04 bits per heavy atom. The van der Waals surface area contributed by atoms with Crippen molar-refractivity contribution in [3.8, 4) is 0 Å². The molecule has 0 heterocycles. The molecular formula is C23H30N2O2S. The van der Waals surface area contributed by atoms with Gasteiger partial charge >= 0.3 is 0 Å². The highest BCUT2D eigenvalue weighted by molar-refractivity contribution is 8.00.